The minimum absolute atomic E-state index is 0.166. The number of H-pyrrole nitrogens is 1. The number of nitrogens with one attached hydrogen (secondary N) is 1. The molecule has 2 atom stereocenters. The van der Waals surface area contributed by atoms with Crippen molar-refractivity contribution in [3.63, 3.8) is 0 Å². The molecule has 164 valence electrons. The molecule has 3 heterocycles. The Morgan fingerprint density at radius 3 is 2.91 bits per heavy atom. The zero-order chi connectivity index (χ0) is 22.1. The van der Waals surface area contributed by atoms with Crippen molar-refractivity contribution >= 4 is 34.3 Å². The maximum atomic E-state index is 12.5. The van der Waals surface area contributed by atoms with Gasteiger partial charge in [0.25, 0.3) is 5.56 Å². The van der Waals surface area contributed by atoms with Gasteiger partial charge in [0.2, 0.25) is 0 Å². The Labute approximate surface area is 194 Å². The molecule has 0 saturated heterocycles. The maximum absolute atomic E-state index is 12.5. The Balaban J connectivity index is 1.49. The van der Waals surface area contributed by atoms with Gasteiger partial charge in [-0.15, -0.1) is 10.2 Å². The van der Waals surface area contributed by atoms with Gasteiger partial charge in [-0.2, -0.15) is 0 Å². The summed E-state index contributed by atoms with van der Waals surface area (Å²) in [6.45, 7) is 2.30. The molecule has 1 fully saturated rings. The fourth-order valence-electron chi connectivity index (χ4n) is 4.41. The molecule has 1 aromatic carbocycles. The summed E-state index contributed by atoms with van der Waals surface area (Å²) in [5, 5.41) is 11.0. The average Bonchev–Trinajstić information content (AvgIpc) is 3.22. The summed E-state index contributed by atoms with van der Waals surface area (Å²) >= 11 is 7.63. The smallest absolute Gasteiger partial charge is 0.258 e. The van der Waals surface area contributed by atoms with Gasteiger partial charge in [0, 0.05) is 29.0 Å². The molecule has 1 saturated carbocycles. The topological polar surface area (TPSA) is 89.4 Å². The highest BCUT2D eigenvalue weighted by molar-refractivity contribution is 7.98. The molecular formula is C23H23ClN6OS. The van der Waals surface area contributed by atoms with E-state index >= 15 is 0 Å². The third kappa shape index (κ3) is 4.17. The predicted molar refractivity (Wildman–Crippen MR) is 127 cm³/mol. The molecule has 5 rings (SSSR count). The number of pyridine rings is 1. The Hall–Kier alpha value is -2.71. The number of nitrogens with zero attached hydrogens (tertiary/aromatic N) is 5. The first-order valence-corrected chi connectivity index (χ1v) is 12.1. The second kappa shape index (κ2) is 9.03. The molecule has 2 unspecified atom stereocenters. The van der Waals surface area contributed by atoms with Crippen LogP contribution in [0.5, 0.6) is 0 Å². The van der Waals surface area contributed by atoms with Crippen LogP contribution in [0, 0.1) is 5.92 Å². The van der Waals surface area contributed by atoms with Gasteiger partial charge in [0.15, 0.2) is 11.0 Å². The van der Waals surface area contributed by atoms with E-state index in [1.807, 2.05) is 18.3 Å². The number of hydrogen-bond donors (Lipinski definition) is 1. The zero-order valence-corrected chi connectivity index (χ0v) is 19.2. The standard InChI is InChI=1S/C23H23ClN6OS/c1-14-5-2-3-7-19(14)30-21(15-6-4-10-25-12-15)28-29-23(30)32-13-20-26-18-11-16(24)8-9-17(18)22(31)27-20/h4,6,8-12,14,19H,2-3,5,7,13H2,1H3,(H,26,27,31). The van der Waals surface area contributed by atoms with Gasteiger partial charge in [-0.3, -0.25) is 14.3 Å². The number of benzene rings is 1. The monoisotopic (exact) mass is 466 g/mol. The number of fused-ring (bicyclic) bond motifs is 1. The molecule has 1 aliphatic rings. The summed E-state index contributed by atoms with van der Waals surface area (Å²) in [5.41, 5.74) is 1.38. The Morgan fingerprint density at radius 2 is 2.09 bits per heavy atom. The summed E-state index contributed by atoms with van der Waals surface area (Å²) in [6.07, 6.45) is 8.34. The van der Waals surface area contributed by atoms with Crippen molar-refractivity contribution in [2.45, 2.75) is 49.6 Å². The number of aromatic nitrogens is 6. The fraction of sp³-hybridized carbons (Fsp3) is 0.348. The van der Waals surface area contributed by atoms with E-state index in [2.05, 4.69) is 36.6 Å². The highest BCUT2D eigenvalue weighted by Crippen LogP contribution is 2.39. The Morgan fingerprint density at radius 1 is 1.22 bits per heavy atom. The van der Waals surface area contributed by atoms with Gasteiger partial charge in [-0.05, 0) is 49.1 Å². The van der Waals surface area contributed by atoms with Crippen molar-refractivity contribution in [2.24, 2.45) is 5.92 Å². The van der Waals surface area contributed by atoms with E-state index < -0.39 is 0 Å². The second-order valence-electron chi connectivity index (χ2n) is 8.21. The van der Waals surface area contributed by atoms with Gasteiger partial charge in [0.1, 0.15) is 5.82 Å². The number of hydrogen-bond acceptors (Lipinski definition) is 6. The normalized spacial score (nSPS) is 18.8. The molecule has 1 N–H and O–H groups in total. The van der Waals surface area contributed by atoms with E-state index in [1.165, 1.54) is 31.0 Å². The van der Waals surface area contributed by atoms with Gasteiger partial charge >= 0.3 is 0 Å². The van der Waals surface area contributed by atoms with Gasteiger partial charge in [-0.25, -0.2) is 4.98 Å². The van der Waals surface area contributed by atoms with Crippen LogP contribution in [0.4, 0.5) is 0 Å². The Bertz CT molecular complexity index is 1310. The average molecular weight is 467 g/mol. The van der Waals surface area contributed by atoms with Crippen LogP contribution in [-0.2, 0) is 5.75 Å². The van der Waals surface area contributed by atoms with Crippen LogP contribution in [0.1, 0.15) is 44.5 Å². The summed E-state index contributed by atoms with van der Waals surface area (Å²) in [6, 6.07) is 9.37. The molecule has 4 aromatic rings. The third-order valence-corrected chi connectivity index (χ3v) is 7.23. The van der Waals surface area contributed by atoms with Crippen LogP contribution in [0.25, 0.3) is 22.3 Å². The highest BCUT2D eigenvalue weighted by Gasteiger charge is 2.28. The van der Waals surface area contributed by atoms with E-state index in [0.29, 0.717) is 39.5 Å². The van der Waals surface area contributed by atoms with Gasteiger partial charge < -0.3 is 4.98 Å². The lowest BCUT2D eigenvalue weighted by Gasteiger charge is -2.31. The van der Waals surface area contributed by atoms with Crippen molar-refractivity contribution < 1.29 is 0 Å². The SMILES string of the molecule is CC1CCCCC1n1c(SCc2nc3cc(Cl)ccc3c(=O)[nH]2)nnc1-c1cccnc1. The van der Waals surface area contributed by atoms with Crippen molar-refractivity contribution in [1.82, 2.24) is 29.7 Å². The third-order valence-electron chi connectivity index (χ3n) is 6.04. The zero-order valence-electron chi connectivity index (χ0n) is 17.7. The van der Waals surface area contributed by atoms with Crippen LogP contribution >= 0.6 is 23.4 Å². The van der Waals surface area contributed by atoms with Crippen molar-refractivity contribution in [3.05, 3.63) is 63.9 Å². The van der Waals surface area contributed by atoms with Crippen molar-refractivity contribution in [3.8, 4) is 11.4 Å². The number of thioether (sulfide) groups is 1. The molecule has 1 aliphatic carbocycles. The largest absolute Gasteiger partial charge is 0.309 e. The van der Waals surface area contributed by atoms with Crippen LogP contribution < -0.4 is 5.56 Å². The number of halogens is 1. The lowest BCUT2D eigenvalue weighted by atomic mass is 9.85. The molecule has 7 nitrogen and oxygen atoms in total. The first-order valence-electron chi connectivity index (χ1n) is 10.8. The molecule has 0 bridgehead atoms. The minimum Gasteiger partial charge on any atom is -0.309 e. The quantitative estimate of drug-likeness (QED) is 0.403. The van der Waals surface area contributed by atoms with E-state index in [-0.39, 0.29) is 5.56 Å². The molecular weight excluding hydrogens is 444 g/mol. The maximum Gasteiger partial charge on any atom is 0.258 e. The lowest BCUT2D eigenvalue weighted by Crippen LogP contribution is -2.22. The molecule has 9 heteroatoms. The minimum atomic E-state index is -0.166. The highest BCUT2D eigenvalue weighted by atomic mass is 35.5. The fourth-order valence-corrected chi connectivity index (χ4v) is 5.44. The second-order valence-corrected chi connectivity index (χ2v) is 9.59. The summed E-state index contributed by atoms with van der Waals surface area (Å²) in [4.78, 5) is 24.2. The van der Waals surface area contributed by atoms with Crippen LogP contribution in [0.15, 0.2) is 52.7 Å². The predicted octanol–water partition coefficient (Wildman–Crippen LogP) is 5.27. The van der Waals surface area contributed by atoms with Crippen molar-refractivity contribution in [2.75, 3.05) is 0 Å². The number of aromatic amines is 1. The molecule has 0 radical (unpaired) electrons. The van der Waals surface area contributed by atoms with E-state index in [0.717, 1.165) is 23.0 Å². The molecule has 0 amide bonds. The Kier molecular flexibility index (Phi) is 5.97. The molecule has 32 heavy (non-hydrogen) atoms. The number of rotatable bonds is 5. The van der Waals surface area contributed by atoms with Crippen molar-refractivity contribution in [1.29, 1.82) is 0 Å². The summed E-state index contributed by atoms with van der Waals surface area (Å²) < 4.78 is 2.27. The molecule has 0 spiro atoms. The van der Waals surface area contributed by atoms with Crippen LogP contribution in [0.2, 0.25) is 5.02 Å². The first kappa shape index (κ1) is 21.2. The van der Waals surface area contributed by atoms with E-state index in [4.69, 9.17) is 11.6 Å². The van der Waals surface area contributed by atoms with E-state index in [1.54, 1.807) is 24.4 Å². The van der Waals surface area contributed by atoms with E-state index in [9.17, 15) is 4.79 Å². The van der Waals surface area contributed by atoms with Gasteiger partial charge in [0.05, 0.1) is 16.7 Å². The molecule has 0 aliphatic heterocycles. The van der Waals surface area contributed by atoms with Crippen LogP contribution in [0.3, 0.4) is 0 Å². The first-order chi connectivity index (χ1) is 15.6. The molecule has 3 aromatic heterocycles. The summed E-state index contributed by atoms with van der Waals surface area (Å²) in [7, 11) is 0. The summed E-state index contributed by atoms with van der Waals surface area (Å²) in [5.74, 6) is 2.44. The van der Waals surface area contributed by atoms with Gasteiger partial charge in [-0.1, -0.05) is 43.1 Å². The van der Waals surface area contributed by atoms with Crippen LogP contribution in [-0.4, -0.2) is 29.7 Å². The lowest BCUT2D eigenvalue weighted by molar-refractivity contribution is 0.247.